The fourth-order valence-electron chi connectivity index (χ4n) is 1.15. The van der Waals surface area contributed by atoms with Crippen molar-refractivity contribution < 1.29 is 0 Å². The molecule has 0 amide bonds. The molecule has 1 aromatic rings. The smallest absolute Gasteiger partial charge is 0.0901 e. The number of allylic oxidation sites excluding steroid dienone is 2. The molecule has 0 aliphatic rings. The third-order valence-electron chi connectivity index (χ3n) is 1.83. The van der Waals surface area contributed by atoms with Gasteiger partial charge in [0, 0.05) is 5.38 Å². The molecular weight excluding hydrogens is 305 g/mol. The number of halogens is 1. The molecule has 0 atom stereocenters. The average Bonchev–Trinajstić information content (AvgIpc) is 2.52. The zero-order chi connectivity index (χ0) is 10.4. The maximum atomic E-state index is 4.40. The van der Waals surface area contributed by atoms with Crippen LogP contribution in [0.25, 0.3) is 6.08 Å². The first-order valence-electron chi connectivity index (χ1n) is 4.57. The largest absolute Gasteiger partial charge is 0.242 e. The van der Waals surface area contributed by atoms with Gasteiger partial charge in [-0.1, -0.05) is 34.2 Å². The molecular formula is C11H14INS. The molecule has 1 nitrogen and oxygen atoms in total. The van der Waals surface area contributed by atoms with Crippen LogP contribution in [0.15, 0.2) is 21.1 Å². The molecule has 0 radical (unpaired) electrons. The third kappa shape index (κ3) is 4.37. The molecule has 1 heterocycles. The molecule has 1 aromatic heterocycles. The van der Waals surface area contributed by atoms with Gasteiger partial charge in [0.15, 0.2) is 0 Å². The van der Waals surface area contributed by atoms with Crippen molar-refractivity contribution in [2.75, 3.05) is 0 Å². The van der Waals surface area contributed by atoms with Crippen LogP contribution in [0.3, 0.4) is 0 Å². The minimum Gasteiger partial charge on any atom is -0.242 e. The standard InChI is InChI=1S/C11H14INS/c1-9(5-3-4-6-12)7-11-8-14-10(2)13-11/h4,6-8H,3,5H2,1-2H3/b6-4-,9-7+. The minimum atomic E-state index is 1.10. The number of aryl methyl sites for hydroxylation is 1. The van der Waals surface area contributed by atoms with Gasteiger partial charge in [-0.15, -0.1) is 11.3 Å². The third-order valence-corrected chi connectivity index (χ3v) is 3.13. The van der Waals surface area contributed by atoms with Crippen molar-refractivity contribution in [3.63, 3.8) is 0 Å². The second-order valence-electron chi connectivity index (χ2n) is 3.18. The average molecular weight is 319 g/mol. The lowest BCUT2D eigenvalue weighted by molar-refractivity contribution is 0.987. The maximum Gasteiger partial charge on any atom is 0.0901 e. The van der Waals surface area contributed by atoms with Gasteiger partial charge in [-0.25, -0.2) is 4.98 Å². The van der Waals surface area contributed by atoms with Crippen LogP contribution in [0, 0.1) is 6.92 Å². The summed E-state index contributed by atoms with van der Waals surface area (Å²) in [6.45, 7) is 4.20. The molecule has 0 unspecified atom stereocenters. The predicted molar refractivity (Wildman–Crippen MR) is 72.9 cm³/mol. The second kappa shape index (κ2) is 6.35. The van der Waals surface area contributed by atoms with E-state index in [1.54, 1.807) is 11.3 Å². The van der Waals surface area contributed by atoms with E-state index in [0.29, 0.717) is 0 Å². The van der Waals surface area contributed by atoms with Gasteiger partial charge in [0.25, 0.3) is 0 Å². The van der Waals surface area contributed by atoms with Crippen molar-refractivity contribution in [2.24, 2.45) is 0 Å². The molecule has 3 heteroatoms. The van der Waals surface area contributed by atoms with Gasteiger partial charge in [0.05, 0.1) is 10.7 Å². The van der Waals surface area contributed by atoms with Crippen molar-refractivity contribution in [2.45, 2.75) is 26.7 Å². The van der Waals surface area contributed by atoms with E-state index >= 15 is 0 Å². The summed E-state index contributed by atoms with van der Waals surface area (Å²) < 4.78 is 2.07. The lowest BCUT2D eigenvalue weighted by Crippen LogP contribution is -1.78. The van der Waals surface area contributed by atoms with E-state index in [9.17, 15) is 0 Å². The van der Waals surface area contributed by atoms with Crippen molar-refractivity contribution in [3.05, 3.63) is 31.8 Å². The van der Waals surface area contributed by atoms with E-state index in [-0.39, 0.29) is 0 Å². The Kier molecular flexibility index (Phi) is 5.40. The fourth-order valence-corrected chi connectivity index (χ4v) is 2.07. The number of thiazole rings is 1. The zero-order valence-electron chi connectivity index (χ0n) is 8.46. The monoisotopic (exact) mass is 319 g/mol. The highest BCUT2D eigenvalue weighted by Crippen LogP contribution is 2.14. The molecule has 0 bridgehead atoms. The van der Waals surface area contributed by atoms with Gasteiger partial charge >= 0.3 is 0 Å². The van der Waals surface area contributed by atoms with E-state index in [1.165, 1.54) is 5.57 Å². The first-order valence-corrected chi connectivity index (χ1v) is 6.69. The van der Waals surface area contributed by atoms with Crippen LogP contribution in [0.4, 0.5) is 0 Å². The molecule has 1 rings (SSSR count). The zero-order valence-corrected chi connectivity index (χ0v) is 11.4. The van der Waals surface area contributed by atoms with Crippen LogP contribution in [-0.2, 0) is 0 Å². The quantitative estimate of drug-likeness (QED) is 0.740. The highest BCUT2D eigenvalue weighted by molar-refractivity contribution is 14.1. The van der Waals surface area contributed by atoms with E-state index in [1.807, 2.05) is 6.92 Å². The van der Waals surface area contributed by atoms with Crippen LogP contribution in [0.1, 0.15) is 30.5 Å². The lowest BCUT2D eigenvalue weighted by atomic mass is 10.1. The Morgan fingerprint density at radius 1 is 1.64 bits per heavy atom. The summed E-state index contributed by atoms with van der Waals surface area (Å²) in [5, 5.41) is 3.24. The van der Waals surface area contributed by atoms with E-state index in [4.69, 9.17) is 0 Å². The first kappa shape index (κ1) is 11.9. The SMILES string of the molecule is C/C(=C\c1csc(C)n1)CC/C=C\I. The maximum absolute atomic E-state index is 4.40. The van der Waals surface area contributed by atoms with Gasteiger partial charge in [-0.05, 0) is 36.8 Å². The Morgan fingerprint density at radius 2 is 2.43 bits per heavy atom. The summed E-state index contributed by atoms with van der Waals surface area (Å²) in [7, 11) is 0. The van der Waals surface area contributed by atoms with E-state index < -0.39 is 0 Å². The summed E-state index contributed by atoms with van der Waals surface area (Å²) >= 11 is 3.95. The Hall–Kier alpha value is -0.160. The number of hydrogen-bond donors (Lipinski definition) is 0. The van der Waals surface area contributed by atoms with Crippen molar-refractivity contribution >= 4 is 40.0 Å². The Labute approximate surface area is 103 Å². The van der Waals surface area contributed by atoms with Gasteiger partial charge in [-0.2, -0.15) is 0 Å². The van der Waals surface area contributed by atoms with Gasteiger partial charge in [0.2, 0.25) is 0 Å². The van der Waals surface area contributed by atoms with Crippen LogP contribution in [0.2, 0.25) is 0 Å². The molecule has 0 spiro atoms. The molecule has 0 saturated heterocycles. The van der Waals surface area contributed by atoms with Crippen molar-refractivity contribution in [1.82, 2.24) is 4.98 Å². The Bertz CT molecular complexity index is 339. The predicted octanol–water partition coefficient (Wildman–Crippen LogP) is 4.58. The summed E-state index contributed by atoms with van der Waals surface area (Å²) in [4.78, 5) is 4.40. The van der Waals surface area contributed by atoms with E-state index in [2.05, 4.69) is 56.1 Å². The van der Waals surface area contributed by atoms with Crippen molar-refractivity contribution in [3.8, 4) is 0 Å². The highest BCUT2D eigenvalue weighted by Gasteiger charge is 1.95. The molecule has 76 valence electrons. The van der Waals surface area contributed by atoms with Crippen LogP contribution >= 0.6 is 33.9 Å². The number of aromatic nitrogens is 1. The summed E-state index contributed by atoms with van der Waals surface area (Å²) in [6, 6.07) is 0. The Balaban J connectivity index is 2.51. The summed E-state index contributed by atoms with van der Waals surface area (Å²) in [5.41, 5.74) is 2.49. The van der Waals surface area contributed by atoms with E-state index in [0.717, 1.165) is 23.5 Å². The molecule has 14 heavy (non-hydrogen) atoms. The lowest BCUT2D eigenvalue weighted by Gasteiger charge is -1.95. The van der Waals surface area contributed by atoms with Crippen LogP contribution < -0.4 is 0 Å². The highest BCUT2D eigenvalue weighted by atomic mass is 127. The Morgan fingerprint density at radius 3 is 3.00 bits per heavy atom. The molecule has 0 aliphatic carbocycles. The molecule has 0 aromatic carbocycles. The molecule has 0 N–H and O–H groups in total. The summed E-state index contributed by atoms with van der Waals surface area (Å²) in [6.07, 6.45) is 6.60. The fraction of sp³-hybridized carbons (Fsp3) is 0.364. The molecule has 0 fully saturated rings. The summed E-state index contributed by atoms with van der Waals surface area (Å²) in [5.74, 6) is 0. The van der Waals surface area contributed by atoms with Crippen LogP contribution in [-0.4, -0.2) is 4.98 Å². The number of nitrogens with zero attached hydrogens (tertiary/aromatic N) is 1. The topological polar surface area (TPSA) is 12.9 Å². The van der Waals surface area contributed by atoms with Gasteiger partial charge < -0.3 is 0 Å². The minimum absolute atomic E-state index is 1.10. The van der Waals surface area contributed by atoms with Crippen LogP contribution in [0.5, 0.6) is 0 Å². The molecule has 0 aliphatic heterocycles. The van der Waals surface area contributed by atoms with Gasteiger partial charge in [0.1, 0.15) is 0 Å². The first-order chi connectivity index (χ1) is 6.72. The van der Waals surface area contributed by atoms with Gasteiger partial charge in [-0.3, -0.25) is 0 Å². The van der Waals surface area contributed by atoms with Crippen molar-refractivity contribution in [1.29, 1.82) is 0 Å². The second-order valence-corrected chi connectivity index (χ2v) is 4.96. The number of rotatable bonds is 4. The molecule has 0 saturated carbocycles. The normalized spacial score (nSPS) is 12.6. The number of hydrogen-bond acceptors (Lipinski definition) is 2.